The van der Waals surface area contributed by atoms with Crippen LogP contribution in [0.15, 0.2) is 24.3 Å². The predicted octanol–water partition coefficient (Wildman–Crippen LogP) is 4.13. The van der Waals surface area contributed by atoms with E-state index in [4.69, 9.17) is 0 Å². The van der Waals surface area contributed by atoms with E-state index in [2.05, 4.69) is 50.4 Å². The third kappa shape index (κ3) is 2.58. The summed E-state index contributed by atoms with van der Waals surface area (Å²) in [5.41, 5.74) is 3.77. The van der Waals surface area contributed by atoms with Gasteiger partial charge in [0.25, 0.3) is 0 Å². The normalized spacial score (nSPS) is 28.4. The van der Waals surface area contributed by atoms with Crippen LogP contribution < -0.4 is 5.32 Å². The summed E-state index contributed by atoms with van der Waals surface area (Å²) in [5.74, 6) is 1.70. The van der Waals surface area contributed by atoms with Crippen LogP contribution >= 0.6 is 0 Å². The highest BCUT2D eigenvalue weighted by molar-refractivity contribution is 5.40. The average Bonchev–Trinajstić information content (AvgIpc) is 2.99. The molecule has 0 amide bonds. The molecular weight excluding hydrogens is 230 g/mol. The minimum Gasteiger partial charge on any atom is -0.314 e. The molecule has 2 aliphatic rings. The van der Waals surface area contributed by atoms with Gasteiger partial charge in [0.2, 0.25) is 0 Å². The van der Waals surface area contributed by atoms with E-state index in [0.29, 0.717) is 5.41 Å². The van der Waals surface area contributed by atoms with Crippen LogP contribution in [0.5, 0.6) is 0 Å². The molecule has 1 N–H and O–H groups in total. The van der Waals surface area contributed by atoms with Gasteiger partial charge in [-0.05, 0) is 60.6 Å². The first-order valence-electron chi connectivity index (χ1n) is 7.93. The number of hydrogen-bond acceptors (Lipinski definition) is 1. The summed E-state index contributed by atoms with van der Waals surface area (Å²) in [6.07, 6.45) is 5.28. The molecule has 104 valence electrons. The second-order valence-corrected chi connectivity index (χ2v) is 7.20. The fraction of sp³-hybridized carbons (Fsp3) is 0.667. The summed E-state index contributed by atoms with van der Waals surface area (Å²) < 4.78 is 0. The van der Waals surface area contributed by atoms with Crippen LogP contribution in [0.3, 0.4) is 0 Å². The molecule has 3 rings (SSSR count). The van der Waals surface area contributed by atoms with Crippen LogP contribution in [-0.4, -0.2) is 12.6 Å². The summed E-state index contributed by atoms with van der Waals surface area (Å²) in [7, 11) is 0. The maximum atomic E-state index is 3.82. The Morgan fingerprint density at radius 2 is 2.05 bits per heavy atom. The molecule has 3 unspecified atom stereocenters. The van der Waals surface area contributed by atoms with Crippen LogP contribution in [0.4, 0.5) is 0 Å². The molecule has 1 heteroatoms. The monoisotopic (exact) mass is 257 g/mol. The fourth-order valence-corrected chi connectivity index (χ4v) is 3.79. The molecule has 0 aromatic heterocycles. The van der Waals surface area contributed by atoms with Gasteiger partial charge in [-0.3, -0.25) is 0 Å². The number of fused-ring (bicyclic) bond motifs is 1. The van der Waals surface area contributed by atoms with Crippen molar-refractivity contribution in [3.8, 4) is 0 Å². The molecule has 2 aliphatic carbocycles. The molecule has 0 spiro atoms. The minimum atomic E-state index is 0.578. The largest absolute Gasteiger partial charge is 0.314 e. The van der Waals surface area contributed by atoms with Crippen LogP contribution in [0.2, 0.25) is 0 Å². The van der Waals surface area contributed by atoms with Gasteiger partial charge in [0.05, 0.1) is 0 Å². The van der Waals surface area contributed by atoms with E-state index in [1.54, 1.807) is 11.1 Å². The summed E-state index contributed by atoms with van der Waals surface area (Å²) in [5, 5.41) is 3.82. The van der Waals surface area contributed by atoms with Crippen molar-refractivity contribution >= 4 is 0 Å². The quantitative estimate of drug-likeness (QED) is 0.808. The minimum absolute atomic E-state index is 0.578. The van der Waals surface area contributed by atoms with Crippen molar-refractivity contribution in [2.45, 2.75) is 58.4 Å². The first-order chi connectivity index (χ1) is 9.12. The van der Waals surface area contributed by atoms with Gasteiger partial charge < -0.3 is 5.32 Å². The van der Waals surface area contributed by atoms with E-state index in [0.717, 1.165) is 17.9 Å². The lowest BCUT2D eigenvalue weighted by molar-refractivity contribution is 0.349. The maximum absolute atomic E-state index is 3.82. The molecule has 0 radical (unpaired) electrons. The Morgan fingerprint density at radius 1 is 1.32 bits per heavy atom. The Hall–Kier alpha value is -0.820. The lowest BCUT2D eigenvalue weighted by Crippen LogP contribution is -2.36. The zero-order valence-electron chi connectivity index (χ0n) is 12.6. The van der Waals surface area contributed by atoms with Crippen LogP contribution in [0, 0.1) is 11.3 Å². The third-order valence-electron chi connectivity index (χ3n) is 5.23. The van der Waals surface area contributed by atoms with E-state index < -0.39 is 0 Å². The van der Waals surface area contributed by atoms with E-state index in [9.17, 15) is 0 Å². The zero-order chi connectivity index (χ0) is 13.5. The molecule has 0 bridgehead atoms. The highest BCUT2D eigenvalue weighted by atomic mass is 14.9. The van der Waals surface area contributed by atoms with Crippen molar-refractivity contribution in [3.63, 3.8) is 0 Å². The molecule has 1 saturated carbocycles. The van der Waals surface area contributed by atoms with Crippen molar-refractivity contribution < 1.29 is 0 Å². The third-order valence-corrected chi connectivity index (χ3v) is 5.23. The van der Waals surface area contributed by atoms with E-state index in [-0.39, 0.29) is 0 Å². The van der Waals surface area contributed by atoms with Gasteiger partial charge in [0.1, 0.15) is 0 Å². The van der Waals surface area contributed by atoms with Crippen molar-refractivity contribution in [1.82, 2.24) is 5.32 Å². The second-order valence-electron chi connectivity index (χ2n) is 7.20. The Kier molecular flexibility index (Phi) is 3.42. The van der Waals surface area contributed by atoms with Crippen molar-refractivity contribution in [2.24, 2.45) is 11.3 Å². The smallest absolute Gasteiger partial charge is 0.0107 e. The van der Waals surface area contributed by atoms with E-state index in [1.165, 1.54) is 32.2 Å². The molecule has 1 fully saturated rings. The number of hydrogen-bond donors (Lipinski definition) is 1. The summed E-state index contributed by atoms with van der Waals surface area (Å²) in [4.78, 5) is 0. The summed E-state index contributed by atoms with van der Waals surface area (Å²) >= 11 is 0. The van der Waals surface area contributed by atoms with Gasteiger partial charge in [-0.25, -0.2) is 0 Å². The average molecular weight is 257 g/mol. The molecule has 0 aliphatic heterocycles. The highest BCUT2D eigenvalue weighted by Crippen LogP contribution is 2.55. The van der Waals surface area contributed by atoms with Gasteiger partial charge >= 0.3 is 0 Å². The Labute approximate surface area is 117 Å². The Morgan fingerprint density at radius 3 is 2.68 bits per heavy atom. The molecule has 1 aromatic rings. The van der Waals surface area contributed by atoms with Crippen LogP contribution in [0.1, 0.15) is 57.1 Å². The maximum Gasteiger partial charge on any atom is 0.0107 e. The molecule has 3 atom stereocenters. The zero-order valence-corrected chi connectivity index (χ0v) is 12.6. The molecule has 1 nitrogen and oxygen atoms in total. The first kappa shape index (κ1) is 13.2. The second kappa shape index (κ2) is 4.94. The van der Waals surface area contributed by atoms with Gasteiger partial charge in [-0.2, -0.15) is 0 Å². The highest BCUT2D eigenvalue weighted by Gasteiger charge is 2.50. The fourth-order valence-electron chi connectivity index (χ4n) is 3.79. The molecule has 1 aromatic carbocycles. The number of benzene rings is 1. The lowest BCUT2D eigenvalue weighted by atomic mass is 9.73. The van der Waals surface area contributed by atoms with Gasteiger partial charge in [-0.15, -0.1) is 0 Å². The van der Waals surface area contributed by atoms with Gasteiger partial charge in [-0.1, -0.05) is 45.0 Å². The number of nitrogens with one attached hydrogen (secondary N) is 1. The van der Waals surface area contributed by atoms with Gasteiger partial charge in [0.15, 0.2) is 0 Å². The van der Waals surface area contributed by atoms with Crippen LogP contribution in [-0.2, 0) is 6.42 Å². The van der Waals surface area contributed by atoms with Crippen molar-refractivity contribution in [3.05, 3.63) is 35.4 Å². The van der Waals surface area contributed by atoms with E-state index >= 15 is 0 Å². The molecule has 0 saturated heterocycles. The number of rotatable bonds is 6. The van der Waals surface area contributed by atoms with Crippen molar-refractivity contribution in [2.75, 3.05) is 6.54 Å². The predicted molar refractivity (Wildman–Crippen MR) is 81.5 cm³/mol. The van der Waals surface area contributed by atoms with E-state index in [1.807, 2.05) is 0 Å². The first-order valence-corrected chi connectivity index (χ1v) is 7.93. The Bertz CT molecular complexity index is 449. The standard InChI is InChI=1S/C18H27N/c1-4-9-19-17(16-12-18(16,2)3)11-14-10-13-7-5-6-8-15(13)14/h5-8,14,16-17,19H,4,9-12H2,1-3H3. The molecule has 19 heavy (non-hydrogen) atoms. The SMILES string of the molecule is CCCNC(CC1Cc2ccccc21)C1CC1(C)C. The van der Waals surface area contributed by atoms with Crippen molar-refractivity contribution in [1.29, 1.82) is 0 Å². The molecule has 0 heterocycles. The summed E-state index contributed by atoms with van der Waals surface area (Å²) in [6, 6.07) is 9.72. The van der Waals surface area contributed by atoms with Crippen LogP contribution in [0.25, 0.3) is 0 Å². The molecular formula is C18H27N. The lowest BCUT2D eigenvalue weighted by Gasteiger charge is -2.34. The summed E-state index contributed by atoms with van der Waals surface area (Å²) in [6.45, 7) is 8.28. The van der Waals surface area contributed by atoms with Gasteiger partial charge in [0, 0.05) is 6.04 Å². The Balaban J connectivity index is 1.63. The topological polar surface area (TPSA) is 12.0 Å².